The Hall–Kier alpha value is -2.56. The Bertz CT molecular complexity index is 827. The zero-order valence-electron chi connectivity index (χ0n) is 15.2. The summed E-state index contributed by atoms with van der Waals surface area (Å²) < 4.78 is 7.28. The Morgan fingerprint density at radius 3 is 2.65 bits per heavy atom. The number of unbranched alkanes of at least 4 members (excludes halogenated alkanes) is 1. The monoisotopic (exact) mass is 354 g/mol. The lowest BCUT2D eigenvalue weighted by Crippen LogP contribution is -2.32. The standard InChI is InChI=1S/C21H26N2O3/c1-2-3-13-23-18-12-8-7-11-16(18)14-17(20(23)24)19(26-21(22)25)15-9-5-4-6-10-15/h4-6,9-10,14,19H,2-3,7-8,11-13H2,1H3,(H2,22,25). The molecule has 1 amide bonds. The van der Waals surface area contributed by atoms with Crippen LogP contribution in [-0.4, -0.2) is 10.7 Å². The van der Waals surface area contributed by atoms with Gasteiger partial charge in [-0.2, -0.15) is 0 Å². The summed E-state index contributed by atoms with van der Waals surface area (Å²) in [6, 6.07) is 11.2. The fourth-order valence-electron chi connectivity index (χ4n) is 3.70. The molecule has 0 radical (unpaired) electrons. The number of rotatable bonds is 6. The van der Waals surface area contributed by atoms with Gasteiger partial charge < -0.3 is 15.0 Å². The van der Waals surface area contributed by atoms with E-state index in [1.54, 1.807) is 0 Å². The third kappa shape index (κ3) is 3.82. The summed E-state index contributed by atoms with van der Waals surface area (Å²) in [7, 11) is 0. The average molecular weight is 354 g/mol. The predicted molar refractivity (Wildman–Crippen MR) is 101 cm³/mol. The Labute approximate surface area is 153 Å². The van der Waals surface area contributed by atoms with Gasteiger partial charge in [-0.3, -0.25) is 4.79 Å². The van der Waals surface area contributed by atoms with Gasteiger partial charge in [0.15, 0.2) is 6.10 Å². The number of aromatic nitrogens is 1. The molecule has 1 unspecified atom stereocenters. The van der Waals surface area contributed by atoms with Crippen LogP contribution >= 0.6 is 0 Å². The van der Waals surface area contributed by atoms with E-state index in [0.29, 0.717) is 12.1 Å². The van der Waals surface area contributed by atoms with Crippen LogP contribution < -0.4 is 11.3 Å². The normalized spacial score (nSPS) is 14.5. The first-order chi connectivity index (χ1) is 12.6. The molecule has 0 spiro atoms. The van der Waals surface area contributed by atoms with Gasteiger partial charge in [-0.05, 0) is 49.3 Å². The molecule has 1 heterocycles. The number of nitrogens with two attached hydrogens (primary N) is 1. The molecule has 1 atom stereocenters. The molecule has 0 saturated carbocycles. The lowest BCUT2D eigenvalue weighted by atomic mass is 9.92. The van der Waals surface area contributed by atoms with Crippen molar-refractivity contribution in [2.24, 2.45) is 5.73 Å². The summed E-state index contributed by atoms with van der Waals surface area (Å²) in [5.41, 5.74) is 8.81. The second kappa shape index (κ2) is 8.21. The molecule has 2 aromatic rings. The zero-order chi connectivity index (χ0) is 18.5. The Morgan fingerprint density at radius 2 is 1.96 bits per heavy atom. The zero-order valence-corrected chi connectivity index (χ0v) is 15.2. The van der Waals surface area contributed by atoms with Crippen LogP contribution in [0.2, 0.25) is 0 Å². The lowest BCUT2D eigenvalue weighted by molar-refractivity contribution is 0.125. The van der Waals surface area contributed by atoms with Crippen molar-refractivity contribution in [2.45, 2.75) is 58.1 Å². The Morgan fingerprint density at radius 1 is 1.23 bits per heavy atom. The van der Waals surface area contributed by atoms with Gasteiger partial charge in [0.25, 0.3) is 5.56 Å². The van der Waals surface area contributed by atoms with Crippen molar-refractivity contribution in [3.05, 3.63) is 69.1 Å². The van der Waals surface area contributed by atoms with Crippen LogP contribution in [0.1, 0.15) is 61.1 Å². The first-order valence-corrected chi connectivity index (χ1v) is 9.38. The number of ether oxygens (including phenoxy) is 1. The highest BCUT2D eigenvalue weighted by atomic mass is 16.6. The second-order valence-electron chi connectivity index (χ2n) is 6.82. The van der Waals surface area contributed by atoms with E-state index in [1.165, 1.54) is 5.56 Å². The van der Waals surface area contributed by atoms with Gasteiger partial charge in [-0.1, -0.05) is 43.7 Å². The number of amides is 1. The minimum Gasteiger partial charge on any atom is -0.436 e. The van der Waals surface area contributed by atoms with Crippen molar-refractivity contribution in [1.82, 2.24) is 4.57 Å². The molecular formula is C21H26N2O3. The van der Waals surface area contributed by atoms with Crippen LogP contribution in [0.4, 0.5) is 4.79 Å². The Balaban J connectivity index is 2.14. The quantitative estimate of drug-likeness (QED) is 0.859. The molecule has 5 nitrogen and oxygen atoms in total. The first kappa shape index (κ1) is 18.2. The van der Waals surface area contributed by atoms with Crippen molar-refractivity contribution in [2.75, 3.05) is 0 Å². The molecule has 26 heavy (non-hydrogen) atoms. The number of hydrogen-bond donors (Lipinski definition) is 1. The van der Waals surface area contributed by atoms with E-state index in [0.717, 1.165) is 49.8 Å². The average Bonchev–Trinajstić information content (AvgIpc) is 2.66. The van der Waals surface area contributed by atoms with E-state index in [-0.39, 0.29) is 5.56 Å². The predicted octanol–water partition coefficient (Wildman–Crippen LogP) is 3.71. The first-order valence-electron chi connectivity index (χ1n) is 9.38. The fraction of sp³-hybridized carbons (Fsp3) is 0.429. The minimum atomic E-state index is -0.879. The molecular weight excluding hydrogens is 328 g/mol. The molecule has 3 rings (SSSR count). The van der Waals surface area contributed by atoms with Gasteiger partial charge in [0, 0.05) is 12.2 Å². The number of nitrogens with zero attached hydrogens (tertiary/aromatic N) is 1. The highest BCUT2D eigenvalue weighted by Gasteiger charge is 2.25. The van der Waals surface area contributed by atoms with E-state index in [1.807, 2.05) is 41.0 Å². The number of carbonyl (C=O) groups is 1. The maximum atomic E-state index is 13.3. The van der Waals surface area contributed by atoms with Gasteiger partial charge in [0.2, 0.25) is 0 Å². The van der Waals surface area contributed by atoms with Crippen LogP contribution in [0.15, 0.2) is 41.2 Å². The van der Waals surface area contributed by atoms with Gasteiger partial charge in [-0.15, -0.1) is 0 Å². The Kier molecular flexibility index (Phi) is 5.76. The van der Waals surface area contributed by atoms with E-state index in [4.69, 9.17) is 10.5 Å². The minimum absolute atomic E-state index is 0.0748. The van der Waals surface area contributed by atoms with Crippen LogP contribution in [0, 0.1) is 0 Å². The molecule has 1 aliphatic carbocycles. The van der Waals surface area contributed by atoms with Crippen molar-refractivity contribution < 1.29 is 9.53 Å². The van der Waals surface area contributed by atoms with Crippen LogP contribution in [0.5, 0.6) is 0 Å². The van der Waals surface area contributed by atoms with Gasteiger partial charge >= 0.3 is 6.09 Å². The number of fused-ring (bicyclic) bond motifs is 1. The van der Waals surface area contributed by atoms with Crippen LogP contribution in [0.3, 0.4) is 0 Å². The number of pyridine rings is 1. The summed E-state index contributed by atoms with van der Waals surface area (Å²) in [5, 5.41) is 0. The summed E-state index contributed by atoms with van der Waals surface area (Å²) in [4.78, 5) is 24.8. The van der Waals surface area contributed by atoms with E-state index in [2.05, 4.69) is 6.92 Å². The second-order valence-corrected chi connectivity index (χ2v) is 6.82. The molecule has 5 heteroatoms. The maximum absolute atomic E-state index is 13.3. The summed E-state index contributed by atoms with van der Waals surface area (Å²) in [5.74, 6) is 0. The third-order valence-electron chi connectivity index (χ3n) is 4.98. The molecule has 1 aliphatic rings. The smallest absolute Gasteiger partial charge is 0.405 e. The van der Waals surface area contributed by atoms with Gasteiger partial charge in [0.1, 0.15) is 0 Å². The highest BCUT2D eigenvalue weighted by molar-refractivity contribution is 5.65. The summed E-state index contributed by atoms with van der Waals surface area (Å²) >= 11 is 0. The van der Waals surface area contributed by atoms with Crippen molar-refractivity contribution in [3.63, 3.8) is 0 Å². The number of carbonyl (C=O) groups excluding carboxylic acids is 1. The number of benzene rings is 1. The summed E-state index contributed by atoms with van der Waals surface area (Å²) in [6.07, 6.45) is 4.42. The van der Waals surface area contributed by atoms with Crippen molar-refractivity contribution >= 4 is 6.09 Å². The summed E-state index contributed by atoms with van der Waals surface area (Å²) in [6.45, 7) is 2.81. The van der Waals surface area contributed by atoms with E-state index >= 15 is 0 Å². The molecule has 0 fully saturated rings. The number of aryl methyl sites for hydroxylation is 1. The molecule has 0 saturated heterocycles. The maximum Gasteiger partial charge on any atom is 0.405 e. The lowest BCUT2D eigenvalue weighted by Gasteiger charge is -2.25. The van der Waals surface area contributed by atoms with Crippen molar-refractivity contribution in [3.8, 4) is 0 Å². The number of primary amides is 1. The largest absolute Gasteiger partial charge is 0.436 e. The van der Waals surface area contributed by atoms with Gasteiger partial charge in [0.05, 0.1) is 5.56 Å². The molecule has 0 bridgehead atoms. The fourth-order valence-corrected chi connectivity index (χ4v) is 3.70. The van der Waals surface area contributed by atoms with E-state index < -0.39 is 12.2 Å². The topological polar surface area (TPSA) is 74.3 Å². The molecule has 138 valence electrons. The molecule has 0 aliphatic heterocycles. The van der Waals surface area contributed by atoms with Gasteiger partial charge in [-0.25, -0.2) is 4.79 Å². The number of hydrogen-bond acceptors (Lipinski definition) is 3. The molecule has 2 N–H and O–H groups in total. The SMILES string of the molecule is CCCCn1c2c(cc(C(OC(N)=O)c3ccccc3)c1=O)CCCC2. The third-order valence-corrected chi connectivity index (χ3v) is 4.98. The van der Waals surface area contributed by atoms with Crippen LogP contribution in [-0.2, 0) is 24.1 Å². The molecule has 1 aromatic carbocycles. The molecule has 1 aromatic heterocycles. The van der Waals surface area contributed by atoms with Crippen molar-refractivity contribution in [1.29, 1.82) is 0 Å². The van der Waals surface area contributed by atoms with E-state index in [9.17, 15) is 9.59 Å². The highest BCUT2D eigenvalue weighted by Crippen LogP contribution is 2.28. The van der Waals surface area contributed by atoms with Crippen LogP contribution in [0.25, 0.3) is 0 Å².